The average molecular weight is 276 g/mol. The van der Waals surface area contributed by atoms with E-state index in [0.29, 0.717) is 18.4 Å². The first-order valence-corrected chi connectivity index (χ1v) is 5.70. The van der Waals surface area contributed by atoms with Gasteiger partial charge in [-0.15, -0.1) is 0 Å². The molecule has 0 aliphatic carbocycles. The maximum atomic E-state index is 12.9. The van der Waals surface area contributed by atoms with Gasteiger partial charge in [-0.05, 0) is 28.1 Å². The summed E-state index contributed by atoms with van der Waals surface area (Å²) in [5.41, 5.74) is 0. The molecule has 0 atom stereocenters. The predicted octanol–water partition coefficient (Wildman–Crippen LogP) is 2.97. The average Bonchev–Trinajstić information content (AvgIpc) is 2.17. The summed E-state index contributed by atoms with van der Waals surface area (Å²) in [5.74, 6) is 0.255. The van der Waals surface area contributed by atoms with Gasteiger partial charge in [0.1, 0.15) is 18.2 Å². The van der Waals surface area contributed by atoms with Crippen molar-refractivity contribution in [3.8, 4) is 5.75 Å². The molecule has 0 saturated carbocycles. The Morgan fingerprint density at radius 3 is 2.87 bits per heavy atom. The molecule has 0 radical (unpaired) electrons. The maximum Gasteiger partial charge on any atom is 0.136 e. The molecule has 0 aliphatic rings. The molecule has 1 N–H and O–H groups in total. The smallest absolute Gasteiger partial charge is 0.136 e. The molecule has 0 saturated heterocycles. The van der Waals surface area contributed by atoms with Crippen LogP contribution in [0.2, 0.25) is 0 Å². The standard InChI is InChI=1S/C11H15BrFNO/c1-8(2)14-5-6-15-11-7-9(13)3-4-10(11)12/h3-4,7-8,14H,5-6H2,1-2H3. The van der Waals surface area contributed by atoms with Gasteiger partial charge in [0.15, 0.2) is 0 Å². The Morgan fingerprint density at radius 2 is 2.20 bits per heavy atom. The molecule has 0 bridgehead atoms. The highest BCUT2D eigenvalue weighted by Crippen LogP contribution is 2.25. The maximum absolute atomic E-state index is 12.9. The van der Waals surface area contributed by atoms with Gasteiger partial charge in [-0.1, -0.05) is 13.8 Å². The molecule has 4 heteroatoms. The Morgan fingerprint density at radius 1 is 1.47 bits per heavy atom. The molecule has 0 amide bonds. The zero-order valence-electron chi connectivity index (χ0n) is 8.89. The number of rotatable bonds is 5. The van der Waals surface area contributed by atoms with Gasteiger partial charge in [0.25, 0.3) is 0 Å². The van der Waals surface area contributed by atoms with Crippen LogP contribution >= 0.6 is 15.9 Å². The Hall–Kier alpha value is -0.610. The van der Waals surface area contributed by atoms with E-state index in [0.717, 1.165) is 11.0 Å². The summed E-state index contributed by atoms with van der Waals surface area (Å²) in [7, 11) is 0. The highest BCUT2D eigenvalue weighted by Gasteiger charge is 2.02. The number of nitrogens with one attached hydrogen (secondary N) is 1. The second-order valence-electron chi connectivity index (χ2n) is 3.53. The van der Waals surface area contributed by atoms with Crippen molar-refractivity contribution in [1.29, 1.82) is 0 Å². The van der Waals surface area contributed by atoms with Crippen molar-refractivity contribution in [1.82, 2.24) is 5.32 Å². The lowest BCUT2D eigenvalue weighted by Gasteiger charge is -2.10. The van der Waals surface area contributed by atoms with Crippen LogP contribution in [-0.2, 0) is 0 Å². The van der Waals surface area contributed by atoms with Crippen LogP contribution in [0.15, 0.2) is 22.7 Å². The first kappa shape index (κ1) is 12.5. The molecule has 15 heavy (non-hydrogen) atoms. The van der Waals surface area contributed by atoms with Crippen LogP contribution in [0.4, 0.5) is 4.39 Å². The molecule has 0 spiro atoms. The van der Waals surface area contributed by atoms with Gasteiger partial charge in [-0.3, -0.25) is 0 Å². The minimum absolute atomic E-state index is 0.287. The van der Waals surface area contributed by atoms with Crippen molar-refractivity contribution < 1.29 is 9.13 Å². The van der Waals surface area contributed by atoms with E-state index >= 15 is 0 Å². The van der Waals surface area contributed by atoms with Gasteiger partial charge in [0, 0.05) is 18.7 Å². The Balaban J connectivity index is 2.40. The summed E-state index contributed by atoms with van der Waals surface area (Å²) >= 11 is 3.30. The SMILES string of the molecule is CC(C)NCCOc1cc(F)ccc1Br. The first-order chi connectivity index (χ1) is 7.09. The highest BCUT2D eigenvalue weighted by molar-refractivity contribution is 9.10. The largest absolute Gasteiger partial charge is 0.491 e. The van der Waals surface area contributed by atoms with Crippen LogP contribution in [0.25, 0.3) is 0 Å². The highest BCUT2D eigenvalue weighted by atomic mass is 79.9. The van der Waals surface area contributed by atoms with E-state index in [-0.39, 0.29) is 5.82 Å². The Kier molecular flexibility index (Phi) is 5.05. The van der Waals surface area contributed by atoms with E-state index in [4.69, 9.17) is 4.74 Å². The minimum atomic E-state index is -0.287. The third-order valence-corrected chi connectivity index (χ3v) is 2.46. The molecule has 1 aromatic carbocycles. The van der Waals surface area contributed by atoms with Crippen LogP contribution in [0.3, 0.4) is 0 Å². The second-order valence-corrected chi connectivity index (χ2v) is 4.39. The van der Waals surface area contributed by atoms with E-state index in [1.807, 2.05) is 0 Å². The molecule has 0 aromatic heterocycles. The van der Waals surface area contributed by atoms with Crippen LogP contribution in [-0.4, -0.2) is 19.2 Å². The number of halogens is 2. The summed E-state index contributed by atoms with van der Waals surface area (Å²) in [5, 5.41) is 3.22. The van der Waals surface area contributed by atoms with Crippen LogP contribution < -0.4 is 10.1 Å². The third kappa shape index (κ3) is 4.62. The van der Waals surface area contributed by atoms with Crippen LogP contribution in [0, 0.1) is 5.82 Å². The fraction of sp³-hybridized carbons (Fsp3) is 0.455. The summed E-state index contributed by atoms with van der Waals surface area (Å²) in [6, 6.07) is 4.84. The van der Waals surface area contributed by atoms with Crippen LogP contribution in [0.1, 0.15) is 13.8 Å². The molecule has 1 rings (SSSR count). The lowest BCUT2D eigenvalue weighted by Crippen LogP contribution is -2.27. The van der Waals surface area contributed by atoms with Gasteiger partial charge < -0.3 is 10.1 Å². The van der Waals surface area contributed by atoms with Gasteiger partial charge in [0.05, 0.1) is 4.47 Å². The van der Waals surface area contributed by atoms with Gasteiger partial charge in [-0.2, -0.15) is 0 Å². The van der Waals surface area contributed by atoms with E-state index in [1.54, 1.807) is 6.07 Å². The van der Waals surface area contributed by atoms with Crippen molar-refractivity contribution in [3.05, 3.63) is 28.5 Å². The summed E-state index contributed by atoms with van der Waals surface area (Å²) in [6.45, 7) is 5.41. The molecular weight excluding hydrogens is 261 g/mol. The quantitative estimate of drug-likeness (QED) is 0.835. The zero-order chi connectivity index (χ0) is 11.3. The zero-order valence-corrected chi connectivity index (χ0v) is 10.5. The summed E-state index contributed by atoms with van der Waals surface area (Å²) in [6.07, 6.45) is 0. The molecule has 1 aromatic rings. The minimum Gasteiger partial charge on any atom is -0.491 e. The van der Waals surface area contributed by atoms with Crippen molar-refractivity contribution in [2.45, 2.75) is 19.9 Å². The summed E-state index contributed by atoms with van der Waals surface area (Å²) in [4.78, 5) is 0. The lowest BCUT2D eigenvalue weighted by atomic mass is 10.3. The Bertz CT molecular complexity index is 317. The van der Waals surface area contributed by atoms with Crippen molar-refractivity contribution in [2.24, 2.45) is 0 Å². The van der Waals surface area contributed by atoms with Crippen molar-refractivity contribution in [2.75, 3.05) is 13.2 Å². The second kappa shape index (κ2) is 6.08. The number of hydrogen-bond donors (Lipinski definition) is 1. The number of benzene rings is 1. The topological polar surface area (TPSA) is 21.3 Å². The van der Waals surface area contributed by atoms with E-state index in [1.165, 1.54) is 12.1 Å². The van der Waals surface area contributed by atoms with Crippen molar-refractivity contribution in [3.63, 3.8) is 0 Å². The Labute approximate surface area is 98.0 Å². The molecular formula is C11H15BrFNO. The fourth-order valence-corrected chi connectivity index (χ4v) is 1.46. The molecule has 0 unspecified atom stereocenters. The third-order valence-electron chi connectivity index (χ3n) is 1.81. The van der Waals surface area contributed by atoms with Crippen LogP contribution in [0.5, 0.6) is 5.75 Å². The van der Waals surface area contributed by atoms with E-state index in [2.05, 4.69) is 35.1 Å². The lowest BCUT2D eigenvalue weighted by molar-refractivity contribution is 0.305. The molecule has 0 fully saturated rings. The molecule has 0 aliphatic heterocycles. The number of hydrogen-bond acceptors (Lipinski definition) is 2. The fourth-order valence-electron chi connectivity index (χ4n) is 1.10. The van der Waals surface area contributed by atoms with Gasteiger partial charge in [-0.25, -0.2) is 4.39 Å². The predicted molar refractivity (Wildman–Crippen MR) is 62.7 cm³/mol. The monoisotopic (exact) mass is 275 g/mol. The van der Waals surface area contributed by atoms with Gasteiger partial charge >= 0.3 is 0 Å². The normalized spacial score (nSPS) is 10.7. The van der Waals surface area contributed by atoms with Crippen molar-refractivity contribution >= 4 is 15.9 Å². The summed E-state index contributed by atoms with van der Waals surface area (Å²) < 4.78 is 19.1. The van der Waals surface area contributed by atoms with E-state index < -0.39 is 0 Å². The molecule has 0 heterocycles. The number of ether oxygens (including phenoxy) is 1. The first-order valence-electron chi connectivity index (χ1n) is 4.91. The van der Waals surface area contributed by atoms with Gasteiger partial charge in [0.2, 0.25) is 0 Å². The van der Waals surface area contributed by atoms with E-state index in [9.17, 15) is 4.39 Å². The molecule has 2 nitrogen and oxygen atoms in total. The molecule has 84 valence electrons.